The van der Waals surface area contributed by atoms with Crippen molar-refractivity contribution in [1.82, 2.24) is 14.9 Å². The third-order valence-electron chi connectivity index (χ3n) is 3.80. The molecule has 24 heavy (non-hydrogen) atoms. The van der Waals surface area contributed by atoms with Crippen LogP contribution in [0.3, 0.4) is 0 Å². The molecular weight excluding hydrogens is 320 g/mol. The van der Waals surface area contributed by atoms with E-state index in [0.717, 1.165) is 11.3 Å². The van der Waals surface area contributed by atoms with E-state index in [9.17, 15) is 4.79 Å². The van der Waals surface area contributed by atoms with Gasteiger partial charge in [0.05, 0.1) is 5.71 Å². The van der Waals surface area contributed by atoms with Gasteiger partial charge in [0.2, 0.25) is 5.16 Å². The van der Waals surface area contributed by atoms with Gasteiger partial charge in [0, 0.05) is 11.1 Å². The minimum atomic E-state index is -0.368. The van der Waals surface area contributed by atoms with Gasteiger partial charge in [-0.3, -0.25) is 4.79 Å². The van der Waals surface area contributed by atoms with Crippen molar-refractivity contribution >= 4 is 23.3 Å². The molecule has 0 fully saturated rings. The molecule has 1 aliphatic heterocycles. The predicted octanol–water partition coefficient (Wildman–Crippen LogP) is 3.53. The highest BCUT2D eigenvalue weighted by atomic mass is 32.2. The van der Waals surface area contributed by atoms with Crippen molar-refractivity contribution in [2.45, 2.75) is 17.3 Å². The van der Waals surface area contributed by atoms with Crippen LogP contribution in [-0.2, 0) is 0 Å². The molecule has 1 aliphatic rings. The van der Waals surface area contributed by atoms with Crippen LogP contribution in [0.2, 0.25) is 0 Å². The fourth-order valence-electron chi connectivity index (χ4n) is 2.59. The first-order valence-corrected chi connectivity index (χ1v) is 8.44. The highest BCUT2D eigenvalue weighted by molar-refractivity contribution is 8.01. The van der Waals surface area contributed by atoms with E-state index in [1.54, 1.807) is 4.68 Å². The Morgan fingerprint density at radius 2 is 1.67 bits per heavy atom. The lowest BCUT2D eigenvalue weighted by Gasteiger charge is -2.19. The summed E-state index contributed by atoms with van der Waals surface area (Å²) in [6.07, 6.45) is 0. The molecule has 0 N–H and O–H groups in total. The zero-order valence-electron chi connectivity index (χ0n) is 13.0. The lowest BCUT2D eigenvalue weighted by molar-refractivity contribution is 0.100. The average molecular weight is 334 g/mol. The Hall–Kier alpha value is -2.73. The number of carbonyl (C=O) groups is 1. The summed E-state index contributed by atoms with van der Waals surface area (Å²) in [6, 6.07) is 19.1. The van der Waals surface area contributed by atoms with E-state index in [1.165, 1.54) is 11.8 Å². The van der Waals surface area contributed by atoms with Crippen molar-refractivity contribution in [2.75, 3.05) is 0 Å². The van der Waals surface area contributed by atoms with Gasteiger partial charge in [0.1, 0.15) is 5.25 Å². The maximum Gasteiger partial charge on any atom is 0.213 e. The Bertz CT molecular complexity index is 919. The average Bonchev–Trinajstić information content (AvgIpc) is 3.04. The van der Waals surface area contributed by atoms with Gasteiger partial charge >= 0.3 is 0 Å². The number of hydrogen-bond acceptors (Lipinski definition) is 5. The quantitative estimate of drug-likeness (QED) is 0.688. The molecule has 2 heterocycles. The minimum Gasteiger partial charge on any atom is -0.292 e. The second kappa shape index (κ2) is 6.05. The second-order valence-electron chi connectivity index (χ2n) is 5.45. The number of ketones is 1. The first-order valence-electron chi connectivity index (χ1n) is 7.56. The molecule has 1 atom stereocenters. The third-order valence-corrected chi connectivity index (χ3v) is 5.06. The summed E-state index contributed by atoms with van der Waals surface area (Å²) in [6.45, 7) is 1.87. The molecule has 0 aliphatic carbocycles. The van der Waals surface area contributed by atoms with Gasteiger partial charge in [-0.1, -0.05) is 72.4 Å². The maximum atomic E-state index is 12.7. The van der Waals surface area contributed by atoms with Gasteiger partial charge in [0.25, 0.3) is 0 Å². The molecule has 3 aromatic rings. The van der Waals surface area contributed by atoms with Crippen molar-refractivity contribution < 1.29 is 4.79 Å². The van der Waals surface area contributed by atoms with Crippen LogP contribution in [0.1, 0.15) is 17.3 Å². The Balaban J connectivity index is 1.70. The number of rotatable bonds is 3. The van der Waals surface area contributed by atoms with E-state index in [1.807, 2.05) is 67.6 Å². The second-order valence-corrected chi connectivity index (χ2v) is 6.53. The zero-order valence-corrected chi connectivity index (χ0v) is 13.8. The molecule has 0 bridgehead atoms. The van der Waals surface area contributed by atoms with Crippen molar-refractivity contribution in [3.63, 3.8) is 0 Å². The van der Waals surface area contributed by atoms with E-state index in [2.05, 4.69) is 15.3 Å². The molecular formula is C18H14N4OS. The Morgan fingerprint density at radius 1 is 1.00 bits per heavy atom. The smallest absolute Gasteiger partial charge is 0.213 e. The van der Waals surface area contributed by atoms with Crippen LogP contribution in [0.4, 0.5) is 0 Å². The Kier molecular flexibility index (Phi) is 3.74. The fourth-order valence-corrected chi connectivity index (χ4v) is 3.58. The normalized spacial score (nSPS) is 16.4. The van der Waals surface area contributed by atoms with Crippen LogP contribution >= 0.6 is 11.8 Å². The van der Waals surface area contributed by atoms with Gasteiger partial charge in [-0.05, 0) is 6.92 Å². The number of carbonyl (C=O) groups excluding carboxylic acids is 1. The van der Waals surface area contributed by atoms with Gasteiger partial charge in [-0.25, -0.2) is 0 Å². The van der Waals surface area contributed by atoms with E-state index >= 15 is 0 Å². The lowest BCUT2D eigenvalue weighted by Crippen LogP contribution is -2.29. The lowest BCUT2D eigenvalue weighted by atomic mass is 10.1. The standard InChI is InChI=1S/C18H14N4OS/c1-12-16(15(23)13-8-4-2-5-9-13)24-18-20-19-17(22(18)21-12)14-10-6-3-7-11-14/h2-11,16H,1H3/t16-/m0/s1. The molecule has 1 aromatic heterocycles. The number of aromatic nitrogens is 3. The number of thioether (sulfide) groups is 1. The first-order chi connectivity index (χ1) is 11.7. The van der Waals surface area contributed by atoms with Crippen molar-refractivity contribution in [3.8, 4) is 11.4 Å². The molecule has 6 heteroatoms. The molecule has 2 aromatic carbocycles. The van der Waals surface area contributed by atoms with Crippen LogP contribution in [0.25, 0.3) is 11.4 Å². The molecule has 0 saturated heterocycles. The number of hydrogen-bond donors (Lipinski definition) is 0. The van der Waals surface area contributed by atoms with Gasteiger partial charge < -0.3 is 0 Å². The number of Topliss-reactive ketones (excluding diaryl/α,β-unsaturated/α-hetero) is 1. The SMILES string of the molecule is CC1=Nn2c(nnc2-c2ccccc2)S[C@@H]1C(=O)c1ccccc1. The molecule has 0 radical (unpaired) electrons. The molecule has 4 rings (SSSR count). The largest absolute Gasteiger partial charge is 0.292 e. The summed E-state index contributed by atoms with van der Waals surface area (Å²) in [4.78, 5) is 12.7. The summed E-state index contributed by atoms with van der Waals surface area (Å²) in [5.74, 6) is 0.723. The van der Waals surface area contributed by atoms with Gasteiger partial charge in [0.15, 0.2) is 11.6 Å². The van der Waals surface area contributed by atoms with Crippen LogP contribution in [0, 0.1) is 0 Å². The summed E-state index contributed by atoms with van der Waals surface area (Å²) in [7, 11) is 0. The molecule has 5 nitrogen and oxygen atoms in total. The van der Waals surface area contributed by atoms with Crippen molar-refractivity contribution in [1.29, 1.82) is 0 Å². The predicted molar refractivity (Wildman–Crippen MR) is 94.4 cm³/mol. The molecule has 0 unspecified atom stereocenters. The van der Waals surface area contributed by atoms with Crippen LogP contribution in [-0.4, -0.2) is 31.6 Å². The molecule has 118 valence electrons. The zero-order chi connectivity index (χ0) is 16.5. The monoisotopic (exact) mass is 334 g/mol. The van der Waals surface area contributed by atoms with Crippen molar-refractivity contribution in [2.24, 2.45) is 5.10 Å². The van der Waals surface area contributed by atoms with Crippen LogP contribution < -0.4 is 0 Å². The Morgan fingerprint density at radius 3 is 2.38 bits per heavy atom. The molecule has 0 saturated carbocycles. The van der Waals surface area contributed by atoms with Gasteiger partial charge in [-0.15, -0.1) is 10.2 Å². The molecule has 0 spiro atoms. The fraction of sp³-hybridized carbons (Fsp3) is 0.111. The summed E-state index contributed by atoms with van der Waals surface area (Å²) in [5.41, 5.74) is 2.38. The number of fused-ring (bicyclic) bond motifs is 1. The maximum absolute atomic E-state index is 12.7. The summed E-state index contributed by atoms with van der Waals surface area (Å²) < 4.78 is 1.71. The van der Waals surface area contributed by atoms with Gasteiger partial charge in [-0.2, -0.15) is 9.78 Å². The van der Waals surface area contributed by atoms with E-state index in [-0.39, 0.29) is 11.0 Å². The van der Waals surface area contributed by atoms with E-state index in [0.29, 0.717) is 16.5 Å². The topological polar surface area (TPSA) is 60.1 Å². The number of benzene rings is 2. The minimum absolute atomic E-state index is 0.0392. The first kappa shape index (κ1) is 14.8. The van der Waals surface area contributed by atoms with Crippen LogP contribution in [0.15, 0.2) is 70.9 Å². The molecule has 0 amide bonds. The highest BCUT2D eigenvalue weighted by Gasteiger charge is 2.31. The van der Waals surface area contributed by atoms with Crippen molar-refractivity contribution in [3.05, 3.63) is 66.2 Å². The van der Waals surface area contributed by atoms with E-state index in [4.69, 9.17) is 0 Å². The third kappa shape index (κ3) is 2.55. The summed E-state index contributed by atoms with van der Waals surface area (Å²) in [5, 5.41) is 13.3. The van der Waals surface area contributed by atoms with E-state index < -0.39 is 0 Å². The Labute approximate surface area is 143 Å². The summed E-state index contributed by atoms with van der Waals surface area (Å²) >= 11 is 1.39. The highest BCUT2D eigenvalue weighted by Crippen LogP contribution is 2.32. The number of nitrogens with zero attached hydrogens (tertiary/aromatic N) is 4. The van der Waals surface area contributed by atoms with Crippen LogP contribution in [0.5, 0.6) is 0 Å².